The molecule has 26 heavy (non-hydrogen) atoms. The van der Waals surface area contributed by atoms with E-state index in [1.54, 1.807) is 55.7 Å². The van der Waals surface area contributed by atoms with E-state index in [1.807, 2.05) is 20.8 Å². The zero-order valence-corrected chi connectivity index (χ0v) is 16.4. The molecule has 0 saturated heterocycles. The van der Waals surface area contributed by atoms with Crippen molar-refractivity contribution < 1.29 is 17.9 Å². The summed E-state index contributed by atoms with van der Waals surface area (Å²) < 4.78 is 38.4. The van der Waals surface area contributed by atoms with Crippen LogP contribution in [0, 0.1) is 6.92 Å². The van der Waals surface area contributed by atoms with Crippen molar-refractivity contribution in [3.05, 3.63) is 60.7 Å². The van der Waals surface area contributed by atoms with E-state index in [0.29, 0.717) is 17.2 Å². The lowest BCUT2D eigenvalue weighted by molar-refractivity contribution is 0.242. The number of ether oxygens (including phenoxy) is 2. The minimum absolute atomic E-state index is 0.0520. The predicted molar refractivity (Wildman–Crippen MR) is 105 cm³/mol. The number of hydrogen-bond acceptors (Lipinski definition) is 4. The molecule has 2 aromatic rings. The van der Waals surface area contributed by atoms with Gasteiger partial charge in [-0.15, -0.1) is 6.58 Å². The van der Waals surface area contributed by atoms with Crippen LogP contribution in [0.5, 0.6) is 11.5 Å². The Hall–Kier alpha value is -2.47. The molecule has 140 valence electrons. The summed E-state index contributed by atoms with van der Waals surface area (Å²) in [4.78, 5) is 0.208. The van der Waals surface area contributed by atoms with E-state index in [4.69, 9.17) is 9.47 Å². The van der Waals surface area contributed by atoms with Crippen LogP contribution in [0.2, 0.25) is 0 Å². The molecule has 0 aliphatic heterocycles. The molecule has 0 bridgehead atoms. The highest BCUT2D eigenvalue weighted by Gasteiger charge is 2.24. The average Bonchev–Trinajstić information content (AvgIpc) is 2.60. The van der Waals surface area contributed by atoms with Crippen molar-refractivity contribution >= 4 is 15.7 Å². The first kappa shape index (κ1) is 19.8. The first-order valence-corrected chi connectivity index (χ1v) is 9.78. The highest BCUT2D eigenvalue weighted by Crippen LogP contribution is 2.28. The lowest BCUT2D eigenvalue weighted by atomic mass is 10.2. The smallest absolute Gasteiger partial charge is 0.264 e. The lowest BCUT2D eigenvalue weighted by Gasteiger charge is -2.24. The van der Waals surface area contributed by atoms with Gasteiger partial charge in [-0.3, -0.25) is 4.31 Å². The van der Waals surface area contributed by atoms with E-state index >= 15 is 0 Å². The quantitative estimate of drug-likeness (QED) is 0.650. The van der Waals surface area contributed by atoms with Gasteiger partial charge < -0.3 is 9.47 Å². The second-order valence-electron chi connectivity index (χ2n) is 6.12. The van der Waals surface area contributed by atoms with Crippen molar-refractivity contribution in [1.29, 1.82) is 0 Å². The molecular weight excluding hydrogens is 350 g/mol. The third-order valence-corrected chi connectivity index (χ3v) is 5.54. The van der Waals surface area contributed by atoms with Gasteiger partial charge in [0, 0.05) is 0 Å². The Balaban J connectivity index is 2.41. The number of aryl methyl sites for hydroxylation is 1. The summed E-state index contributed by atoms with van der Waals surface area (Å²) in [6.07, 6.45) is 1.61. The summed E-state index contributed by atoms with van der Waals surface area (Å²) in [5.41, 5.74) is 1.31. The Morgan fingerprint density at radius 3 is 2.31 bits per heavy atom. The van der Waals surface area contributed by atoms with Crippen molar-refractivity contribution in [2.75, 3.05) is 18.0 Å². The van der Waals surface area contributed by atoms with Crippen molar-refractivity contribution in [1.82, 2.24) is 0 Å². The van der Waals surface area contributed by atoms with E-state index in [9.17, 15) is 8.42 Å². The summed E-state index contributed by atoms with van der Waals surface area (Å²) in [7, 11) is -2.18. The molecular formula is C20H25NO4S. The fraction of sp³-hybridized carbons (Fsp3) is 0.300. The number of sulfonamides is 1. The van der Waals surface area contributed by atoms with E-state index in [2.05, 4.69) is 6.58 Å². The van der Waals surface area contributed by atoms with Crippen LogP contribution in [0.4, 0.5) is 5.69 Å². The topological polar surface area (TPSA) is 55.8 Å². The van der Waals surface area contributed by atoms with E-state index in [0.717, 1.165) is 5.56 Å². The second kappa shape index (κ2) is 8.27. The number of methoxy groups -OCH3 is 1. The highest BCUT2D eigenvalue weighted by molar-refractivity contribution is 7.92. The van der Waals surface area contributed by atoms with Crippen molar-refractivity contribution in [2.45, 2.75) is 31.8 Å². The zero-order valence-electron chi connectivity index (χ0n) is 15.6. The lowest BCUT2D eigenvalue weighted by Crippen LogP contribution is -2.31. The van der Waals surface area contributed by atoms with Gasteiger partial charge in [0.2, 0.25) is 0 Å². The molecule has 0 heterocycles. The molecule has 0 aliphatic carbocycles. The molecule has 2 aromatic carbocycles. The molecule has 0 N–H and O–H groups in total. The molecule has 0 atom stereocenters. The Morgan fingerprint density at radius 1 is 1.15 bits per heavy atom. The molecule has 0 amide bonds. The number of nitrogens with zero attached hydrogens (tertiary/aromatic N) is 1. The minimum atomic E-state index is -3.73. The first-order chi connectivity index (χ1) is 12.3. The maximum absolute atomic E-state index is 13.1. The van der Waals surface area contributed by atoms with Crippen molar-refractivity contribution in [3.63, 3.8) is 0 Å². The van der Waals surface area contributed by atoms with Gasteiger partial charge in [0.15, 0.2) is 0 Å². The SMILES string of the molecule is C=CCN(c1ccc(OC(C)C)cc1)S(=O)(=O)c1ccc(OC)c(C)c1. The standard InChI is InChI=1S/C20H25NO4S/c1-6-13-21(17-7-9-18(10-8-17)25-15(2)3)26(22,23)19-11-12-20(24-5)16(4)14-19/h6-12,14-15H,1,13H2,2-5H3. The Bertz CT molecular complexity index is 858. The predicted octanol–water partition coefficient (Wildman–Crippen LogP) is 4.17. The maximum atomic E-state index is 13.1. The van der Waals surface area contributed by atoms with Gasteiger partial charge >= 0.3 is 0 Å². The highest BCUT2D eigenvalue weighted by atomic mass is 32.2. The summed E-state index contributed by atoms with van der Waals surface area (Å²) in [6, 6.07) is 11.8. The molecule has 2 rings (SSSR count). The van der Waals surface area contributed by atoms with Gasteiger partial charge in [0.05, 0.1) is 30.3 Å². The Labute approximate surface area is 155 Å². The third-order valence-electron chi connectivity index (χ3n) is 3.75. The second-order valence-corrected chi connectivity index (χ2v) is 7.98. The largest absolute Gasteiger partial charge is 0.496 e. The number of benzene rings is 2. The van der Waals surface area contributed by atoms with Gasteiger partial charge in [-0.2, -0.15) is 0 Å². The Morgan fingerprint density at radius 2 is 1.81 bits per heavy atom. The van der Waals surface area contributed by atoms with Gasteiger partial charge in [-0.25, -0.2) is 8.42 Å². The fourth-order valence-corrected chi connectivity index (χ4v) is 4.08. The molecule has 0 aliphatic rings. The molecule has 0 unspecified atom stereocenters. The molecule has 6 heteroatoms. The summed E-state index contributed by atoms with van der Waals surface area (Å²) in [6.45, 7) is 9.54. The first-order valence-electron chi connectivity index (χ1n) is 8.34. The molecule has 5 nitrogen and oxygen atoms in total. The van der Waals surface area contributed by atoms with Crippen LogP contribution in [0.25, 0.3) is 0 Å². The van der Waals surface area contributed by atoms with Crippen molar-refractivity contribution in [2.24, 2.45) is 0 Å². The van der Waals surface area contributed by atoms with Gasteiger partial charge in [0.25, 0.3) is 10.0 Å². The van der Waals surface area contributed by atoms with Crippen LogP contribution in [-0.4, -0.2) is 28.2 Å². The zero-order chi connectivity index (χ0) is 19.3. The number of anilines is 1. The fourth-order valence-electron chi connectivity index (χ4n) is 2.56. The number of rotatable bonds is 8. The van der Waals surface area contributed by atoms with E-state index in [1.165, 1.54) is 4.31 Å². The molecule has 0 spiro atoms. The van der Waals surface area contributed by atoms with E-state index < -0.39 is 10.0 Å². The normalized spacial score (nSPS) is 11.3. The van der Waals surface area contributed by atoms with Gasteiger partial charge in [-0.05, 0) is 68.8 Å². The van der Waals surface area contributed by atoms with Gasteiger partial charge in [0.1, 0.15) is 11.5 Å². The molecule has 0 aromatic heterocycles. The van der Waals surface area contributed by atoms with E-state index in [-0.39, 0.29) is 17.5 Å². The minimum Gasteiger partial charge on any atom is -0.496 e. The summed E-state index contributed by atoms with van der Waals surface area (Å²) >= 11 is 0. The summed E-state index contributed by atoms with van der Waals surface area (Å²) in [5, 5.41) is 0. The maximum Gasteiger partial charge on any atom is 0.264 e. The molecule has 0 fully saturated rings. The van der Waals surface area contributed by atoms with Crippen LogP contribution in [0.15, 0.2) is 60.0 Å². The summed E-state index contributed by atoms with van der Waals surface area (Å²) in [5.74, 6) is 1.34. The van der Waals surface area contributed by atoms with Crippen LogP contribution in [-0.2, 0) is 10.0 Å². The molecule has 0 radical (unpaired) electrons. The van der Waals surface area contributed by atoms with Crippen LogP contribution in [0.3, 0.4) is 0 Å². The Kier molecular flexibility index (Phi) is 6.32. The van der Waals surface area contributed by atoms with Gasteiger partial charge in [-0.1, -0.05) is 6.08 Å². The van der Waals surface area contributed by atoms with Crippen molar-refractivity contribution in [3.8, 4) is 11.5 Å². The van der Waals surface area contributed by atoms with Crippen LogP contribution < -0.4 is 13.8 Å². The average molecular weight is 375 g/mol. The number of hydrogen-bond donors (Lipinski definition) is 0. The third kappa shape index (κ3) is 4.38. The van der Waals surface area contributed by atoms with Crippen LogP contribution in [0.1, 0.15) is 19.4 Å². The van der Waals surface area contributed by atoms with Crippen LogP contribution >= 0.6 is 0 Å². The monoisotopic (exact) mass is 375 g/mol. The molecule has 0 saturated carbocycles.